The molecule has 0 saturated heterocycles. The molecule has 112 valence electrons. The van der Waals surface area contributed by atoms with Gasteiger partial charge >= 0.3 is 0 Å². The zero-order chi connectivity index (χ0) is 15.0. The predicted octanol–water partition coefficient (Wildman–Crippen LogP) is 4.99. The maximum atomic E-state index is 11.9. The highest BCUT2D eigenvalue weighted by molar-refractivity contribution is 5.77. The predicted molar refractivity (Wildman–Crippen MR) is 91.4 cm³/mol. The van der Waals surface area contributed by atoms with E-state index in [1.54, 1.807) is 0 Å². The first-order valence-electron chi connectivity index (χ1n) is 8.39. The van der Waals surface area contributed by atoms with Crippen molar-refractivity contribution < 1.29 is 5.11 Å². The Hall–Kier alpha value is -1.86. The lowest BCUT2D eigenvalue weighted by Gasteiger charge is -2.40. The minimum absolute atomic E-state index is 0.309. The second-order valence-electron chi connectivity index (χ2n) is 6.61. The Morgan fingerprint density at radius 1 is 0.727 bits per heavy atom. The van der Waals surface area contributed by atoms with Gasteiger partial charge in [-0.1, -0.05) is 79.9 Å². The van der Waals surface area contributed by atoms with Crippen LogP contribution in [0.3, 0.4) is 0 Å². The number of benzene rings is 2. The fourth-order valence-electron chi connectivity index (χ4n) is 4.26. The van der Waals surface area contributed by atoms with Gasteiger partial charge in [-0.25, -0.2) is 0 Å². The Morgan fingerprint density at radius 2 is 1.23 bits per heavy atom. The van der Waals surface area contributed by atoms with Gasteiger partial charge < -0.3 is 5.11 Å². The molecule has 22 heavy (non-hydrogen) atoms. The summed E-state index contributed by atoms with van der Waals surface area (Å²) in [4.78, 5) is 0. The van der Waals surface area contributed by atoms with E-state index in [1.807, 2.05) is 0 Å². The molecule has 0 aromatic heterocycles. The summed E-state index contributed by atoms with van der Waals surface area (Å²) in [7, 11) is 0. The first kappa shape index (κ1) is 13.8. The largest absolute Gasteiger partial charge is 0.380 e. The van der Waals surface area contributed by atoms with Crippen LogP contribution >= 0.6 is 0 Å². The summed E-state index contributed by atoms with van der Waals surface area (Å²) in [5.41, 5.74) is 3.57. The highest BCUT2D eigenvalue weighted by atomic mass is 16.3. The van der Waals surface area contributed by atoms with Crippen LogP contribution in [0.1, 0.15) is 54.4 Å². The van der Waals surface area contributed by atoms with E-state index in [0.29, 0.717) is 5.92 Å². The number of rotatable bonds is 1. The zero-order valence-electron chi connectivity index (χ0n) is 12.8. The maximum Gasteiger partial charge on any atom is 0.119 e. The number of hydrogen-bond acceptors (Lipinski definition) is 1. The molecule has 0 aliphatic heterocycles. The second kappa shape index (κ2) is 5.40. The monoisotopic (exact) mass is 290 g/mol. The topological polar surface area (TPSA) is 20.2 Å². The van der Waals surface area contributed by atoms with Crippen LogP contribution in [0, 0.1) is 5.92 Å². The summed E-state index contributed by atoms with van der Waals surface area (Å²) in [5.74, 6) is 0.309. The maximum absolute atomic E-state index is 11.9. The van der Waals surface area contributed by atoms with Gasteiger partial charge in [0.25, 0.3) is 0 Å². The molecule has 0 unspecified atom stereocenters. The van der Waals surface area contributed by atoms with Crippen LogP contribution < -0.4 is 0 Å². The van der Waals surface area contributed by atoms with Gasteiger partial charge in [0.15, 0.2) is 0 Å². The SMILES string of the molecule is OC1(C2CCCCC2)c2ccccc2C=Cc2ccccc21. The highest BCUT2D eigenvalue weighted by Gasteiger charge is 2.43. The number of hydrogen-bond donors (Lipinski definition) is 1. The van der Waals surface area contributed by atoms with Gasteiger partial charge in [0.05, 0.1) is 0 Å². The molecule has 0 atom stereocenters. The van der Waals surface area contributed by atoms with Crippen LogP contribution in [-0.4, -0.2) is 5.11 Å². The van der Waals surface area contributed by atoms with E-state index in [2.05, 4.69) is 60.7 Å². The third-order valence-corrected chi connectivity index (χ3v) is 5.38. The molecule has 2 aliphatic rings. The Morgan fingerprint density at radius 3 is 1.77 bits per heavy atom. The zero-order valence-corrected chi connectivity index (χ0v) is 12.8. The van der Waals surface area contributed by atoms with Crippen LogP contribution in [0.5, 0.6) is 0 Å². The van der Waals surface area contributed by atoms with E-state index in [4.69, 9.17) is 0 Å². The highest BCUT2D eigenvalue weighted by Crippen LogP contribution is 2.47. The molecule has 1 fully saturated rings. The van der Waals surface area contributed by atoms with Gasteiger partial charge in [-0.05, 0) is 41.0 Å². The Bertz CT molecular complexity index is 658. The molecule has 0 spiro atoms. The standard InChI is InChI=1S/C21H22O/c22-21(18-10-2-1-3-11-18)19-12-6-4-8-16(19)14-15-17-9-5-7-13-20(17)21/h4-9,12-15,18,22H,1-3,10-11H2. The van der Waals surface area contributed by atoms with Crippen LogP contribution in [0.2, 0.25) is 0 Å². The summed E-state index contributed by atoms with van der Waals surface area (Å²) in [5, 5.41) is 11.9. The third-order valence-electron chi connectivity index (χ3n) is 5.38. The van der Waals surface area contributed by atoms with Crippen molar-refractivity contribution in [2.45, 2.75) is 37.7 Å². The molecule has 1 heteroatoms. The van der Waals surface area contributed by atoms with Crippen LogP contribution in [-0.2, 0) is 5.60 Å². The summed E-state index contributed by atoms with van der Waals surface area (Å²) in [6.07, 6.45) is 10.3. The molecule has 0 heterocycles. The van der Waals surface area contributed by atoms with Crippen LogP contribution in [0.25, 0.3) is 12.2 Å². The van der Waals surface area contributed by atoms with E-state index in [1.165, 1.54) is 19.3 Å². The van der Waals surface area contributed by atoms with Crippen molar-refractivity contribution in [2.24, 2.45) is 5.92 Å². The van der Waals surface area contributed by atoms with E-state index >= 15 is 0 Å². The average Bonchev–Trinajstić information content (AvgIpc) is 2.73. The third kappa shape index (κ3) is 2.04. The minimum Gasteiger partial charge on any atom is -0.380 e. The Kier molecular flexibility index (Phi) is 3.38. The van der Waals surface area contributed by atoms with E-state index in [0.717, 1.165) is 35.1 Å². The van der Waals surface area contributed by atoms with Crippen LogP contribution in [0.4, 0.5) is 0 Å². The molecular formula is C21H22O. The lowest BCUT2D eigenvalue weighted by molar-refractivity contribution is -0.000857. The lowest BCUT2D eigenvalue weighted by Crippen LogP contribution is -2.38. The molecule has 1 nitrogen and oxygen atoms in total. The normalized spacial score (nSPS) is 20.0. The second-order valence-corrected chi connectivity index (χ2v) is 6.61. The summed E-state index contributed by atoms with van der Waals surface area (Å²) in [6.45, 7) is 0. The quantitative estimate of drug-likeness (QED) is 0.784. The Labute approximate surface area is 132 Å². The molecule has 2 aromatic carbocycles. The van der Waals surface area contributed by atoms with Gasteiger partial charge in [0, 0.05) is 0 Å². The molecular weight excluding hydrogens is 268 g/mol. The van der Waals surface area contributed by atoms with Crippen molar-refractivity contribution in [1.82, 2.24) is 0 Å². The van der Waals surface area contributed by atoms with Crippen molar-refractivity contribution in [2.75, 3.05) is 0 Å². The molecule has 4 rings (SSSR count). The van der Waals surface area contributed by atoms with Crippen molar-refractivity contribution in [1.29, 1.82) is 0 Å². The molecule has 1 N–H and O–H groups in total. The van der Waals surface area contributed by atoms with Crippen molar-refractivity contribution in [3.63, 3.8) is 0 Å². The summed E-state index contributed by atoms with van der Waals surface area (Å²) >= 11 is 0. The summed E-state index contributed by atoms with van der Waals surface area (Å²) < 4.78 is 0. The van der Waals surface area contributed by atoms with Crippen molar-refractivity contribution in [3.05, 3.63) is 70.8 Å². The number of fused-ring (bicyclic) bond motifs is 2. The Balaban J connectivity index is 1.97. The van der Waals surface area contributed by atoms with Crippen LogP contribution in [0.15, 0.2) is 48.5 Å². The van der Waals surface area contributed by atoms with Gasteiger partial charge in [-0.3, -0.25) is 0 Å². The van der Waals surface area contributed by atoms with Gasteiger partial charge in [0.1, 0.15) is 5.60 Å². The summed E-state index contributed by atoms with van der Waals surface area (Å²) in [6, 6.07) is 16.7. The molecule has 0 bridgehead atoms. The van der Waals surface area contributed by atoms with E-state index in [9.17, 15) is 5.11 Å². The fraction of sp³-hybridized carbons (Fsp3) is 0.333. The smallest absolute Gasteiger partial charge is 0.119 e. The van der Waals surface area contributed by atoms with Gasteiger partial charge in [-0.2, -0.15) is 0 Å². The fourth-order valence-corrected chi connectivity index (χ4v) is 4.26. The first-order valence-corrected chi connectivity index (χ1v) is 8.39. The molecule has 2 aromatic rings. The van der Waals surface area contributed by atoms with Crippen molar-refractivity contribution >= 4 is 12.2 Å². The molecule has 0 amide bonds. The minimum atomic E-state index is -0.864. The van der Waals surface area contributed by atoms with Gasteiger partial charge in [0.2, 0.25) is 0 Å². The van der Waals surface area contributed by atoms with Gasteiger partial charge in [-0.15, -0.1) is 0 Å². The first-order chi connectivity index (χ1) is 10.8. The van der Waals surface area contributed by atoms with E-state index < -0.39 is 5.60 Å². The van der Waals surface area contributed by atoms with Crippen molar-refractivity contribution in [3.8, 4) is 0 Å². The van der Waals surface area contributed by atoms with E-state index in [-0.39, 0.29) is 0 Å². The molecule has 2 aliphatic carbocycles. The molecule has 0 radical (unpaired) electrons. The average molecular weight is 290 g/mol. The number of aliphatic hydroxyl groups is 1. The molecule has 1 saturated carbocycles. The lowest BCUT2D eigenvalue weighted by atomic mass is 9.68.